The molecule has 1 aromatic rings. The van der Waals surface area contributed by atoms with Crippen LogP contribution in [0.15, 0.2) is 18.2 Å². The molecule has 3 amide bonds. The molecular weight excluding hydrogens is 435 g/mol. The van der Waals surface area contributed by atoms with Crippen LogP contribution < -0.4 is 15.5 Å². The zero-order valence-electron chi connectivity index (χ0n) is 18.9. The number of carbonyl (C=O) groups is 2. The van der Waals surface area contributed by atoms with Crippen molar-refractivity contribution in [2.45, 2.75) is 32.9 Å². The molecular formula is C23H30F3N5O2. The van der Waals surface area contributed by atoms with E-state index in [4.69, 9.17) is 5.26 Å². The van der Waals surface area contributed by atoms with Crippen molar-refractivity contribution < 1.29 is 22.8 Å². The van der Waals surface area contributed by atoms with Gasteiger partial charge in [0.2, 0.25) is 5.91 Å². The maximum Gasteiger partial charge on any atom is 0.417 e. The Morgan fingerprint density at radius 3 is 2.36 bits per heavy atom. The monoisotopic (exact) mass is 465 g/mol. The predicted octanol–water partition coefficient (Wildman–Crippen LogP) is 3.21. The molecule has 2 atom stereocenters. The van der Waals surface area contributed by atoms with Gasteiger partial charge in [0.25, 0.3) is 0 Å². The third-order valence-corrected chi connectivity index (χ3v) is 6.61. The van der Waals surface area contributed by atoms with Crippen molar-refractivity contribution in [1.82, 2.24) is 15.5 Å². The van der Waals surface area contributed by atoms with E-state index in [0.29, 0.717) is 57.8 Å². The number of hydrogen-bond acceptors (Lipinski definition) is 4. The molecule has 180 valence electrons. The van der Waals surface area contributed by atoms with E-state index in [0.717, 1.165) is 6.07 Å². The van der Waals surface area contributed by atoms with E-state index >= 15 is 0 Å². The second-order valence-corrected chi connectivity index (χ2v) is 8.57. The van der Waals surface area contributed by atoms with Gasteiger partial charge in [-0.3, -0.25) is 4.79 Å². The molecule has 2 saturated heterocycles. The highest BCUT2D eigenvalue weighted by atomic mass is 19.4. The number of nitrogens with one attached hydrogen (secondary N) is 2. The summed E-state index contributed by atoms with van der Waals surface area (Å²) in [5.74, 6) is -0.156. The first-order valence-corrected chi connectivity index (χ1v) is 11.4. The first-order chi connectivity index (χ1) is 15.7. The second-order valence-electron chi connectivity index (χ2n) is 8.57. The van der Waals surface area contributed by atoms with Crippen LogP contribution in [0.4, 0.5) is 23.7 Å². The summed E-state index contributed by atoms with van der Waals surface area (Å²) < 4.78 is 40.0. The van der Waals surface area contributed by atoms with E-state index in [1.54, 1.807) is 17.0 Å². The highest BCUT2D eigenvalue weighted by Gasteiger charge is 2.44. The normalized spacial score (nSPS) is 21.6. The molecule has 2 fully saturated rings. The third-order valence-electron chi connectivity index (χ3n) is 6.61. The second kappa shape index (κ2) is 10.3. The number of halogens is 3. The first kappa shape index (κ1) is 24.7. The largest absolute Gasteiger partial charge is 0.417 e. The molecule has 2 N–H and O–H groups in total. The maximum atomic E-state index is 13.3. The molecule has 10 heteroatoms. The summed E-state index contributed by atoms with van der Waals surface area (Å²) in [5, 5.41) is 14.7. The van der Waals surface area contributed by atoms with Crippen LogP contribution in [0, 0.1) is 29.1 Å². The molecule has 33 heavy (non-hydrogen) atoms. The number of amides is 3. The summed E-state index contributed by atoms with van der Waals surface area (Å²) in [4.78, 5) is 28.6. The minimum Gasteiger partial charge on any atom is -0.372 e. The number of carbonyl (C=O) groups excluding carboxylic acids is 2. The number of likely N-dealkylation sites (tertiary alicyclic amines) is 1. The lowest BCUT2D eigenvalue weighted by molar-refractivity contribution is -0.137. The fourth-order valence-electron chi connectivity index (χ4n) is 4.96. The molecule has 2 aliphatic heterocycles. The Balaban J connectivity index is 1.72. The Hall–Kier alpha value is -2.96. The van der Waals surface area contributed by atoms with Gasteiger partial charge >= 0.3 is 12.2 Å². The maximum absolute atomic E-state index is 13.3. The molecule has 1 aromatic carbocycles. The number of nitrogens with zero attached hydrogens (tertiary/aromatic N) is 3. The molecule has 0 saturated carbocycles. The van der Waals surface area contributed by atoms with Gasteiger partial charge in [-0.2, -0.15) is 18.4 Å². The van der Waals surface area contributed by atoms with Crippen LogP contribution in [0.5, 0.6) is 0 Å². The van der Waals surface area contributed by atoms with Gasteiger partial charge in [-0.1, -0.05) is 0 Å². The molecule has 2 heterocycles. The van der Waals surface area contributed by atoms with Crippen LogP contribution in [0.1, 0.15) is 37.8 Å². The quantitative estimate of drug-likeness (QED) is 0.699. The summed E-state index contributed by atoms with van der Waals surface area (Å²) in [7, 11) is 0. The zero-order valence-corrected chi connectivity index (χ0v) is 18.9. The van der Waals surface area contributed by atoms with Crippen molar-refractivity contribution in [1.29, 1.82) is 5.26 Å². The highest BCUT2D eigenvalue weighted by molar-refractivity contribution is 5.82. The number of rotatable bonds is 5. The minimum atomic E-state index is -4.59. The van der Waals surface area contributed by atoms with Crippen LogP contribution in [0.2, 0.25) is 0 Å². The smallest absolute Gasteiger partial charge is 0.372 e. The fraction of sp³-hybridized carbons (Fsp3) is 0.609. The Kier molecular flexibility index (Phi) is 7.72. The van der Waals surface area contributed by atoms with Crippen molar-refractivity contribution >= 4 is 17.6 Å². The number of alkyl halides is 3. The Morgan fingerprint density at radius 1 is 1.12 bits per heavy atom. The van der Waals surface area contributed by atoms with Gasteiger partial charge in [-0.25, -0.2) is 4.79 Å². The number of urea groups is 1. The number of nitriles is 1. The van der Waals surface area contributed by atoms with Gasteiger partial charge < -0.3 is 20.4 Å². The van der Waals surface area contributed by atoms with Gasteiger partial charge in [0.1, 0.15) is 0 Å². The summed E-state index contributed by atoms with van der Waals surface area (Å²) in [6.45, 7) is 6.68. The third kappa shape index (κ3) is 5.52. The van der Waals surface area contributed by atoms with E-state index in [2.05, 4.69) is 10.6 Å². The van der Waals surface area contributed by atoms with Gasteiger partial charge in [0.15, 0.2) is 0 Å². The average molecular weight is 466 g/mol. The lowest BCUT2D eigenvalue weighted by Crippen LogP contribution is -2.41. The van der Waals surface area contributed by atoms with Crippen LogP contribution in [0.25, 0.3) is 0 Å². The molecule has 0 unspecified atom stereocenters. The van der Waals surface area contributed by atoms with E-state index in [-0.39, 0.29) is 35.3 Å². The summed E-state index contributed by atoms with van der Waals surface area (Å²) >= 11 is 0. The molecule has 0 radical (unpaired) electrons. The number of piperidine rings is 1. The van der Waals surface area contributed by atoms with Crippen LogP contribution in [-0.2, 0) is 11.0 Å². The SMILES string of the molecule is CCNC(=O)[C@@H]1CN(C(=O)NCC)C[C@H]1C1CCN(c2ccc(C#N)c(C(F)(F)F)c2)CC1. The van der Waals surface area contributed by atoms with Crippen molar-refractivity contribution in [3.63, 3.8) is 0 Å². The summed E-state index contributed by atoms with van der Waals surface area (Å²) in [6, 6.07) is 5.25. The standard InChI is InChI=1S/C23H30F3N5O2/c1-3-28-21(32)19-14-31(22(33)29-4-2)13-18(19)15-7-9-30(10-8-15)17-6-5-16(12-27)20(11-17)23(24,25)26/h5-6,11,15,18-19H,3-4,7-10,13-14H2,1-2H3,(H,28,32)(H,29,33)/t18-,19+/m0/s1. The molecule has 2 aliphatic rings. The van der Waals surface area contributed by atoms with Crippen molar-refractivity contribution in [3.8, 4) is 6.07 Å². The number of anilines is 1. The van der Waals surface area contributed by atoms with E-state index in [1.807, 2.05) is 18.7 Å². The Bertz CT molecular complexity index is 906. The molecule has 0 aromatic heterocycles. The Morgan fingerprint density at radius 2 is 1.79 bits per heavy atom. The van der Waals surface area contributed by atoms with E-state index in [9.17, 15) is 22.8 Å². The van der Waals surface area contributed by atoms with Crippen molar-refractivity contribution in [2.24, 2.45) is 17.8 Å². The number of hydrogen-bond donors (Lipinski definition) is 2. The predicted molar refractivity (Wildman–Crippen MR) is 117 cm³/mol. The van der Waals surface area contributed by atoms with Crippen molar-refractivity contribution in [2.75, 3.05) is 44.2 Å². The van der Waals surface area contributed by atoms with Gasteiger partial charge in [-0.15, -0.1) is 0 Å². The number of benzene rings is 1. The first-order valence-electron chi connectivity index (χ1n) is 11.4. The summed E-state index contributed by atoms with van der Waals surface area (Å²) in [6.07, 6.45) is -3.16. The Labute approximate surface area is 191 Å². The average Bonchev–Trinajstić information content (AvgIpc) is 3.24. The van der Waals surface area contributed by atoms with Crippen LogP contribution >= 0.6 is 0 Å². The molecule has 0 spiro atoms. The van der Waals surface area contributed by atoms with Gasteiger partial charge in [-0.05, 0) is 56.7 Å². The van der Waals surface area contributed by atoms with Crippen LogP contribution in [-0.4, -0.2) is 56.1 Å². The van der Waals surface area contributed by atoms with Crippen molar-refractivity contribution in [3.05, 3.63) is 29.3 Å². The molecule has 0 aliphatic carbocycles. The van der Waals surface area contributed by atoms with Crippen LogP contribution in [0.3, 0.4) is 0 Å². The summed E-state index contributed by atoms with van der Waals surface area (Å²) in [5.41, 5.74) is -0.868. The van der Waals surface area contributed by atoms with E-state index < -0.39 is 11.7 Å². The van der Waals surface area contributed by atoms with Gasteiger partial charge in [0.05, 0.1) is 23.1 Å². The van der Waals surface area contributed by atoms with E-state index in [1.165, 1.54) is 6.07 Å². The zero-order chi connectivity index (χ0) is 24.2. The minimum absolute atomic E-state index is 0.00741. The molecule has 7 nitrogen and oxygen atoms in total. The highest BCUT2D eigenvalue weighted by Crippen LogP contribution is 2.39. The van der Waals surface area contributed by atoms with Gasteiger partial charge in [0, 0.05) is 45.0 Å². The fourth-order valence-corrected chi connectivity index (χ4v) is 4.96. The topological polar surface area (TPSA) is 88.5 Å². The lowest BCUT2D eigenvalue weighted by atomic mass is 9.78. The lowest BCUT2D eigenvalue weighted by Gasteiger charge is -2.37. The molecule has 0 bridgehead atoms. The molecule has 3 rings (SSSR count).